The van der Waals surface area contributed by atoms with Crippen LogP contribution in [-0.4, -0.2) is 39.9 Å². The number of fused-ring (bicyclic) bond motifs is 12. The Hall–Kier alpha value is -20.1. The van der Waals surface area contributed by atoms with Crippen LogP contribution in [0.25, 0.3) is 268 Å². The van der Waals surface area contributed by atoms with Crippen LogP contribution in [-0.2, 0) is 0 Å². The molecule has 20 aromatic carbocycles. The molecule has 0 aliphatic carbocycles. The van der Waals surface area contributed by atoms with Crippen molar-refractivity contribution >= 4 is 87.8 Å². The Kier molecular flexibility index (Phi) is 24.2. The van der Waals surface area contributed by atoms with Gasteiger partial charge in [0, 0.05) is 110 Å². The summed E-state index contributed by atoms with van der Waals surface area (Å²) in [4.78, 5) is 39.8. The van der Waals surface area contributed by atoms with Crippen LogP contribution in [0, 0.1) is 0 Å². The van der Waals surface area contributed by atoms with Gasteiger partial charge in [0.2, 0.25) is 0 Å². The van der Waals surface area contributed by atoms with Crippen molar-refractivity contribution in [1.82, 2.24) is 39.9 Å². The van der Waals surface area contributed by atoms with Gasteiger partial charge in [0.05, 0.1) is 45.6 Å². The maximum atomic E-state index is 6.19. The van der Waals surface area contributed by atoms with Gasteiger partial charge in [-0.25, -0.2) is 39.9 Å². The molecule has 0 saturated carbocycles. The third-order valence-corrected chi connectivity index (χ3v) is 26.8. The summed E-state index contributed by atoms with van der Waals surface area (Å²) in [5, 5.41) is 8.99. The third-order valence-electron chi connectivity index (χ3n) is 26.8. The molecule has 12 heteroatoms. The minimum Gasteiger partial charge on any atom is -0.456 e. The van der Waals surface area contributed by atoms with Gasteiger partial charge in [-0.05, 0) is 148 Å². The van der Waals surface area contributed by atoms with Gasteiger partial charge in [0.15, 0.2) is 23.3 Å². The molecule has 28 aromatic rings. The molecule has 148 heavy (non-hydrogen) atoms. The van der Waals surface area contributed by atoms with E-state index in [1.54, 1.807) is 0 Å². The van der Waals surface area contributed by atoms with Crippen molar-refractivity contribution in [2.75, 3.05) is 0 Å². The number of aromatic nitrogens is 8. The van der Waals surface area contributed by atoms with Gasteiger partial charge in [-0.3, -0.25) is 0 Å². The molecular weight excluding hydrogens is 1810 g/mol. The first-order valence-corrected chi connectivity index (χ1v) is 49.4. The number of furan rings is 4. The molecule has 0 bridgehead atoms. The molecule has 0 fully saturated rings. The Morgan fingerprint density at radius 3 is 0.764 bits per heavy atom. The number of para-hydroxylation sites is 4. The summed E-state index contributed by atoms with van der Waals surface area (Å²) in [7, 11) is 0. The molecule has 8 aromatic heterocycles. The molecule has 0 atom stereocenters. The lowest BCUT2D eigenvalue weighted by atomic mass is 9.93. The molecule has 0 spiro atoms. The van der Waals surface area contributed by atoms with Gasteiger partial charge in [-0.1, -0.05) is 431 Å². The summed E-state index contributed by atoms with van der Waals surface area (Å²) in [6.45, 7) is 0. The second kappa shape index (κ2) is 40.1. The Labute approximate surface area is 853 Å². The largest absolute Gasteiger partial charge is 0.456 e. The van der Waals surface area contributed by atoms with Crippen LogP contribution in [0.4, 0.5) is 0 Å². The highest BCUT2D eigenvalue weighted by Crippen LogP contribution is 2.45. The third kappa shape index (κ3) is 18.4. The van der Waals surface area contributed by atoms with E-state index in [2.05, 4.69) is 309 Å². The number of hydrogen-bond acceptors (Lipinski definition) is 12. The summed E-state index contributed by atoms with van der Waals surface area (Å²) in [5.74, 6) is 2.85. The summed E-state index contributed by atoms with van der Waals surface area (Å²) >= 11 is 0. The highest BCUT2D eigenvalue weighted by molar-refractivity contribution is 6.14. The molecule has 0 unspecified atom stereocenters. The fourth-order valence-corrected chi connectivity index (χ4v) is 19.6. The molecule has 12 nitrogen and oxygen atoms in total. The van der Waals surface area contributed by atoms with Gasteiger partial charge in [0.25, 0.3) is 0 Å². The highest BCUT2D eigenvalue weighted by Gasteiger charge is 2.23. The topological polar surface area (TPSA) is 156 Å². The Morgan fingerprint density at radius 1 is 0.108 bits per heavy atom. The molecular formula is C136H88N8O4. The van der Waals surface area contributed by atoms with E-state index in [-0.39, 0.29) is 0 Å². The van der Waals surface area contributed by atoms with E-state index in [4.69, 9.17) is 57.5 Å². The van der Waals surface area contributed by atoms with Crippen molar-refractivity contribution in [3.05, 3.63) is 534 Å². The smallest absolute Gasteiger partial charge is 0.160 e. The van der Waals surface area contributed by atoms with Gasteiger partial charge in [0.1, 0.15) is 44.7 Å². The van der Waals surface area contributed by atoms with Crippen molar-refractivity contribution in [2.24, 2.45) is 0 Å². The number of nitrogens with zero attached hydrogens (tertiary/aromatic N) is 8. The standard InChI is InChI=1S/4C34H22N2O/c1-3-12-23(13-4-1)29-22-30(36-34(35-29)24-14-5-2-6-15-24)26-17-8-7-16-25(26)27-19-11-21-32-33(27)28-18-9-10-20-31(28)37-32;1-3-11-23(12-4-1)30-22-31(36-34(35-30)24-13-5-2-6-14-24)27-16-8-7-15-26(27)25-19-20-33-29(21-25)28-17-9-10-18-32(28)37-33;1-3-10-23(11-4-1)30-22-31(36-34(35-30)24-12-5-2-6-13-24)27-15-9-14-25(20-27)26-18-19-33-29(21-26)28-16-7-8-17-32(28)37-33;1-3-10-23(11-4-1)30-22-31(36-34(35-30)24-12-5-2-6-13-24)27-15-9-14-25(20-27)26-18-19-29-28-16-7-8-17-32(28)37-33(29)21-26/h4*1-22H. The van der Waals surface area contributed by atoms with Crippen LogP contribution in [0.1, 0.15) is 0 Å². The summed E-state index contributed by atoms with van der Waals surface area (Å²) < 4.78 is 24.4. The summed E-state index contributed by atoms with van der Waals surface area (Å²) in [6.07, 6.45) is 0. The van der Waals surface area contributed by atoms with Gasteiger partial charge in [-0.2, -0.15) is 0 Å². The van der Waals surface area contributed by atoms with Crippen molar-refractivity contribution in [2.45, 2.75) is 0 Å². The van der Waals surface area contributed by atoms with E-state index in [0.29, 0.717) is 23.3 Å². The normalized spacial score (nSPS) is 11.2. The van der Waals surface area contributed by atoms with Crippen LogP contribution >= 0.6 is 0 Å². The Balaban J connectivity index is 0.000000103. The molecule has 0 amide bonds. The molecule has 0 saturated heterocycles. The van der Waals surface area contributed by atoms with Crippen molar-refractivity contribution in [1.29, 1.82) is 0 Å². The average molecular weight is 1900 g/mol. The van der Waals surface area contributed by atoms with Gasteiger partial charge < -0.3 is 17.7 Å². The zero-order chi connectivity index (χ0) is 98.4. The second-order valence-corrected chi connectivity index (χ2v) is 36.2. The number of hydrogen-bond donors (Lipinski definition) is 0. The fraction of sp³-hybridized carbons (Fsp3) is 0. The van der Waals surface area contributed by atoms with Gasteiger partial charge in [-0.15, -0.1) is 0 Å². The molecule has 0 N–H and O–H groups in total. The highest BCUT2D eigenvalue weighted by atomic mass is 16.3. The van der Waals surface area contributed by atoms with Crippen LogP contribution < -0.4 is 0 Å². The lowest BCUT2D eigenvalue weighted by Crippen LogP contribution is -1.97. The van der Waals surface area contributed by atoms with Crippen molar-refractivity contribution in [3.8, 4) is 180 Å². The van der Waals surface area contributed by atoms with E-state index < -0.39 is 0 Å². The molecule has 0 aliphatic rings. The zero-order valence-electron chi connectivity index (χ0n) is 80.0. The van der Waals surface area contributed by atoms with E-state index in [1.165, 1.54) is 0 Å². The molecule has 0 aliphatic heterocycles. The van der Waals surface area contributed by atoms with E-state index in [0.717, 1.165) is 245 Å². The quantitative estimate of drug-likeness (QED) is 0.0904. The van der Waals surface area contributed by atoms with Crippen LogP contribution in [0.2, 0.25) is 0 Å². The molecule has 696 valence electrons. The van der Waals surface area contributed by atoms with Crippen LogP contribution in [0.3, 0.4) is 0 Å². The molecule has 28 rings (SSSR count). The number of benzene rings is 20. The van der Waals surface area contributed by atoms with E-state index in [9.17, 15) is 0 Å². The first kappa shape index (κ1) is 89.3. The maximum Gasteiger partial charge on any atom is 0.160 e. The predicted molar refractivity (Wildman–Crippen MR) is 604 cm³/mol. The minimum atomic E-state index is 0.707. The lowest BCUT2D eigenvalue weighted by Gasteiger charge is -2.13. The monoisotopic (exact) mass is 1900 g/mol. The fourth-order valence-electron chi connectivity index (χ4n) is 19.6. The number of rotatable bonds is 16. The predicted octanol–water partition coefficient (Wildman–Crippen LogP) is 36.2. The van der Waals surface area contributed by atoms with Gasteiger partial charge >= 0.3 is 0 Å². The summed E-state index contributed by atoms with van der Waals surface area (Å²) in [6, 6.07) is 182. The van der Waals surface area contributed by atoms with E-state index >= 15 is 0 Å². The van der Waals surface area contributed by atoms with Crippen molar-refractivity contribution < 1.29 is 17.7 Å². The van der Waals surface area contributed by atoms with Crippen molar-refractivity contribution in [3.63, 3.8) is 0 Å². The average Bonchev–Trinajstić information content (AvgIpc) is 1.58. The van der Waals surface area contributed by atoms with Crippen LogP contribution in [0.5, 0.6) is 0 Å². The lowest BCUT2D eigenvalue weighted by molar-refractivity contribution is 0.668. The SMILES string of the molecule is c1ccc(-c2cc(-c3cccc(-c4ccc5c(c4)oc4ccccc45)c3)nc(-c3ccccc3)n2)cc1.c1ccc(-c2cc(-c3cccc(-c4ccc5oc6ccccc6c5c4)c3)nc(-c3ccccc3)n2)cc1.c1ccc(-c2cc(-c3ccccc3-c3ccc4oc5ccccc5c4c3)nc(-c3ccccc3)n2)cc1.c1ccc(-c2cc(-c3ccccc3-c3cccc4oc5ccccc5c34)nc(-c3ccccc3)n2)cc1. The maximum absolute atomic E-state index is 6.19. The van der Waals surface area contributed by atoms with Crippen LogP contribution in [0.15, 0.2) is 552 Å². The van der Waals surface area contributed by atoms with E-state index in [1.807, 2.05) is 224 Å². The Bertz CT molecular complexity index is 9490. The zero-order valence-corrected chi connectivity index (χ0v) is 80.0. The first-order valence-electron chi connectivity index (χ1n) is 49.4. The minimum absolute atomic E-state index is 0.707. The second-order valence-electron chi connectivity index (χ2n) is 36.2. The first-order chi connectivity index (χ1) is 73.3. The Morgan fingerprint density at radius 2 is 0.345 bits per heavy atom. The summed E-state index contributed by atoms with van der Waals surface area (Å²) in [5.41, 5.74) is 35.7. The molecule has 8 heterocycles. The molecule has 0 radical (unpaired) electrons.